The monoisotopic (exact) mass is 316 g/mol. The predicted octanol–water partition coefficient (Wildman–Crippen LogP) is 3.79. The van der Waals surface area contributed by atoms with Gasteiger partial charge in [-0.25, -0.2) is 0 Å². The number of benzene rings is 2. The zero-order valence-corrected chi connectivity index (χ0v) is 12.2. The number of ketones is 1. The molecule has 0 aromatic heterocycles. The van der Waals surface area contributed by atoms with Crippen LogP contribution in [-0.2, 0) is 12.8 Å². The lowest BCUT2D eigenvalue weighted by molar-refractivity contribution is 0.103. The van der Waals surface area contributed by atoms with Gasteiger partial charge in [-0.1, -0.05) is 22.0 Å². The van der Waals surface area contributed by atoms with Gasteiger partial charge in [-0.05, 0) is 54.3 Å². The first-order valence-corrected chi connectivity index (χ1v) is 6.98. The molecule has 0 unspecified atom stereocenters. The van der Waals surface area contributed by atoms with E-state index < -0.39 is 0 Å². The lowest BCUT2D eigenvalue weighted by atomic mass is 9.99. The summed E-state index contributed by atoms with van der Waals surface area (Å²) in [5.74, 6) is 0.908. The van der Waals surface area contributed by atoms with Gasteiger partial charge >= 0.3 is 0 Å². The van der Waals surface area contributed by atoms with E-state index in [1.54, 1.807) is 7.11 Å². The number of rotatable bonds is 1. The highest BCUT2D eigenvalue weighted by atomic mass is 79.9. The molecule has 96 valence electrons. The van der Waals surface area contributed by atoms with Crippen LogP contribution in [0.3, 0.4) is 0 Å². The van der Waals surface area contributed by atoms with Crippen molar-refractivity contribution in [3.05, 3.63) is 63.1 Å². The van der Waals surface area contributed by atoms with Crippen LogP contribution < -0.4 is 4.74 Å². The predicted molar refractivity (Wildman–Crippen MR) is 78.0 cm³/mol. The van der Waals surface area contributed by atoms with Crippen LogP contribution in [0.4, 0.5) is 0 Å². The minimum absolute atomic E-state index is 0.103. The Morgan fingerprint density at radius 1 is 1.00 bits per heavy atom. The third-order valence-electron chi connectivity index (χ3n) is 3.54. The van der Waals surface area contributed by atoms with Crippen LogP contribution in [0.5, 0.6) is 5.75 Å². The Morgan fingerprint density at radius 2 is 1.79 bits per heavy atom. The van der Waals surface area contributed by atoms with Crippen LogP contribution >= 0.6 is 15.9 Å². The molecule has 3 heteroatoms. The van der Waals surface area contributed by atoms with E-state index in [4.69, 9.17) is 4.74 Å². The van der Waals surface area contributed by atoms with E-state index in [9.17, 15) is 4.79 Å². The van der Waals surface area contributed by atoms with E-state index in [2.05, 4.69) is 15.9 Å². The molecule has 0 saturated carbocycles. The summed E-state index contributed by atoms with van der Waals surface area (Å²) in [5.41, 5.74) is 3.77. The zero-order valence-electron chi connectivity index (χ0n) is 10.6. The zero-order chi connectivity index (χ0) is 13.4. The van der Waals surface area contributed by atoms with Crippen molar-refractivity contribution < 1.29 is 9.53 Å². The maximum Gasteiger partial charge on any atom is 0.193 e. The molecule has 2 nitrogen and oxygen atoms in total. The first-order valence-electron chi connectivity index (χ1n) is 6.19. The van der Waals surface area contributed by atoms with Gasteiger partial charge < -0.3 is 4.74 Å². The van der Waals surface area contributed by atoms with Crippen LogP contribution in [0.2, 0.25) is 0 Å². The second kappa shape index (κ2) is 4.82. The summed E-state index contributed by atoms with van der Waals surface area (Å²) in [5, 5.41) is 0. The number of aryl methyl sites for hydroxylation is 2. The molecule has 2 aromatic carbocycles. The molecule has 0 fully saturated rings. The van der Waals surface area contributed by atoms with Gasteiger partial charge in [0.05, 0.1) is 7.11 Å². The number of carbonyl (C=O) groups is 1. The van der Waals surface area contributed by atoms with Crippen LogP contribution in [0, 0.1) is 0 Å². The lowest BCUT2D eigenvalue weighted by Gasteiger charge is -2.07. The van der Waals surface area contributed by atoms with E-state index in [1.165, 1.54) is 0 Å². The Bertz CT molecular complexity index is 662. The molecule has 0 spiro atoms. The van der Waals surface area contributed by atoms with Crippen molar-refractivity contribution in [3.8, 4) is 5.75 Å². The average Bonchev–Trinajstić information content (AvgIpc) is 2.57. The van der Waals surface area contributed by atoms with Gasteiger partial charge in [-0.3, -0.25) is 4.79 Å². The maximum atomic E-state index is 12.6. The van der Waals surface area contributed by atoms with E-state index in [1.807, 2.05) is 36.4 Å². The summed E-state index contributed by atoms with van der Waals surface area (Å²) >= 11 is 3.43. The Kier molecular flexibility index (Phi) is 3.15. The van der Waals surface area contributed by atoms with Crippen molar-refractivity contribution in [3.63, 3.8) is 0 Å². The number of hydrogen-bond donors (Lipinski definition) is 0. The van der Waals surface area contributed by atoms with Gasteiger partial charge in [0.1, 0.15) is 5.75 Å². The van der Waals surface area contributed by atoms with E-state index >= 15 is 0 Å². The van der Waals surface area contributed by atoms with Crippen LogP contribution in [-0.4, -0.2) is 12.9 Å². The van der Waals surface area contributed by atoms with Gasteiger partial charge in [-0.2, -0.15) is 0 Å². The first kappa shape index (κ1) is 12.4. The fourth-order valence-electron chi connectivity index (χ4n) is 2.52. The highest BCUT2D eigenvalue weighted by molar-refractivity contribution is 9.10. The molecule has 1 aliphatic rings. The summed E-state index contributed by atoms with van der Waals surface area (Å²) in [6.07, 6.45) is 1.75. The van der Waals surface area contributed by atoms with Gasteiger partial charge in [0.25, 0.3) is 0 Å². The van der Waals surface area contributed by atoms with Crippen molar-refractivity contribution in [2.45, 2.75) is 12.8 Å². The van der Waals surface area contributed by atoms with Crippen molar-refractivity contribution in [1.82, 2.24) is 0 Å². The maximum absolute atomic E-state index is 12.6. The van der Waals surface area contributed by atoms with Crippen molar-refractivity contribution in [2.24, 2.45) is 0 Å². The van der Waals surface area contributed by atoms with Gasteiger partial charge in [-0.15, -0.1) is 0 Å². The third kappa shape index (κ3) is 2.19. The minimum Gasteiger partial charge on any atom is -0.497 e. The molecule has 19 heavy (non-hydrogen) atoms. The average molecular weight is 317 g/mol. The largest absolute Gasteiger partial charge is 0.497 e. The molecule has 0 bridgehead atoms. The molecule has 0 aliphatic heterocycles. The van der Waals surface area contributed by atoms with Gasteiger partial charge in [0, 0.05) is 15.6 Å². The molecule has 0 N–H and O–H groups in total. The third-order valence-corrected chi connectivity index (χ3v) is 4.03. The normalized spacial score (nSPS) is 13.5. The van der Waals surface area contributed by atoms with Crippen molar-refractivity contribution >= 4 is 21.7 Å². The van der Waals surface area contributed by atoms with Crippen LogP contribution in [0.25, 0.3) is 0 Å². The molecule has 0 heterocycles. The summed E-state index contributed by atoms with van der Waals surface area (Å²) in [4.78, 5) is 12.6. The number of ether oxygens (including phenoxy) is 1. The fraction of sp³-hybridized carbons (Fsp3) is 0.188. The first-order chi connectivity index (χ1) is 9.19. The van der Waals surface area contributed by atoms with Crippen molar-refractivity contribution in [2.75, 3.05) is 7.11 Å². The van der Waals surface area contributed by atoms with Crippen LogP contribution in [0.1, 0.15) is 27.0 Å². The Labute approximate surface area is 120 Å². The summed E-state index contributed by atoms with van der Waals surface area (Å²) in [7, 11) is 1.64. The molecule has 0 saturated heterocycles. The molecule has 1 aliphatic carbocycles. The van der Waals surface area contributed by atoms with E-state index in [-0.39, 0.29) is 5.78 Å². The van der Waals surface area contributed by atoms with Gasteiger partial charge in [0.2, 0.25) is 0 Å². The van der Waals surface area contributed by atoms with Crippen LogP contribution in [0.15, 0.2) is 40.9 Å². The second-order valence-corrected chi connectivity index (χ2v) is 5.57. The smallest absolute Gasteiger partial charge is 0.193 e. The Balaban J connectivity index is 2.15. The SMILES string of the molecule is COc1ccc2c(c1)CCc1ccc(Br)cc1C2=O. The number of carbonyl (C=O) groups excluding carboxylic acids is 1. The molecule has 2 aromatic rings. The molecule has 0 radical (unpaired) electrons. The summed E-state index contributed by atoms with van der Waals surface area (Å²) in [6, 6.07) is 11.6. The minimum atomic E-state index is 0.103. The molecule has 0 atom stereocenters. The topological polar surface area (TPSA) is 26.3 Å². The number of fused-ring (bicyclic) bond motifs is 2. The Hall–Kier alpha value is -1.61. The molecular weight excluding hydrogens is 304 g/mol. The second-order valence-electron chi connectivity index (χ2n) is 4.65. The highest BCUT2D eigenvalue weighted by Gasteiger charge is 2.21. The fourth-order valence-corrected chi connectivity index (χ4v) is 2.88. The Morgan fingerprint density at radius 3 is 2.58 bits per heavy atom. The van der Waals surface area contributed by atoms with E-state index in [0.717, 1.165) is 45.3 Å². The van der Waals surface area contributed by atoms with Gasteiger partial charge in [0.15, 0.2) is 5.78 Å². The number of methoxy groups -OCH3 is 1. The quantitative estimate of drug-likeness (QED) is 0.800. The lowest BCUT2D eigenvalue weighted by Crippen LogP contribution is -2.04. The number of hydrogen-bond acceptors (Lipinski definition) is 2. The highest BCUT2D eigenvalue weighted by Crippen LogP contribution is 2.28. The molecule has 3 rings (SSSR count). The molecule has 0 amide bonds. The number of halogens is 1. The summed E-state index contributed by atoms with van der Waals surface area (Å²) in [6.45, 7) is 0. The van der Waals surface area contributed by atoms with E-state index in [0.29, 0.717) is 0 Å². The molecular formula is C16H13BrO2. The standard InChI is InChI=1S/C16H13BrO2/c1-19-13-6-7-14-11(8-13)3-2-10-4-5-12(17)9-15(10)16(14)18/h4-9H,2-3H2,1H3. The van der Waals surface area contributed by atoms with Crippen molar-refractivity contribution in [1.29, 1.82) is 0 Å². The summed E-state index contributed by atoms with van der Waals surface area (Å²) < 4.78 is 6.18.